The summed E-state index contributed by atoms with van der Waals surface area (Å²) >= 11 is 3.37. The van der Waals surface area contributed by atoms with Crippen molar-refractivity contribution in [1.82, 2.24) is 9.97 Å². The maximum absolute atomic E-state index is 4.41. The van der Waals surface area contributed by atoms with Crippen molar-refractivity contribution in [1.29, 1.82) is 0 Å². The van der Waals surface area contributed by atoms with Crippen molar-refractivity contribution < 1.29 is 0 Å². The fourth-order valence-electron chi connectivity index (χ4n) is 1.65. The van der Waals surface area contributed by atoms with E-state index >= 15 is 0 Å². The second-order valence-corrected chi connectivity index (χ2v) is 5.73. The number of rotatable bonds is 4. The van der Waals surface area contributed by atoms with E-state index in [1.54, 1.807) is 6.20 Å². The van der Waals surface area contributed by atoms with E-state index in [-0.39, 0.29) is 5.41 Å². The topological polar surface area (TPSA) is 37.8 Å². The molecule has 2 aromatic rings. The normalized spacial score (nSPS) is 11.3. The summed E-state index contributed by atoms with van der Waals surface area (Å²) in [5, 5.41) is 3.34. The quantitative estimate of drug-likeness (QED) is 0.937. The van der Waals surface area contributed by atoms with Crippen LogP contribution >= 0.6 is 15.9 Å². The molecule has 0 saturated heterocycles. The van der Waals surface area contributed by atoms with Gasteiger partial charge in [0.2, 0.25) is 0 Å². The fraction of sp³-hybridized carbons (Fsp3) is 0.286. The smallest absolute Gasteiger partial charge is 0.125 e. The zero-order chi connectivity index (χ0) is 13.0. The van der Waals surface area contributed by atoms with Crippen LogP contribution in [-0.4, -0.2) is 16.5 Å². The van der Waals surface area contributed by atoms with Crippen molar-refractivity contribution in [3.8, 4) is 0 Å². The van der Waals surface area contributed by atoms with E-state index in [0.29, 0.717) is 0 Å². The van der Waals surface area contributed by atoms with Crippen molar-refractivity contribution in [3.63, 3.8) is 0 Å². The van der Waals surface area contributed by atoms with Gasteiger partial charge in [-0.05, 0) is 40.2 Å². The van der Waals surface area contributed by atoms with Gasteiger partial charge in [-0.3, -0.25) is 4.98 Å². The minimum absolute atomic E-state index is 0.0317. The van der Waals surface area contributed by atoms with Gasteiger partial charge in [0.25, 0.3) is 0 Å². The highest BCUT2D eigenvalue weighted by Crippen LogP contribution is 2.21. The molecule has 0 unspecified atom stereocenters. The van der Waals surface area contributed by atoms with E-state index in [1.807, 2.05) is 30.5 Å². The number of anilines is 1. The van der Waals surface area contributed by atoms with Crippen molar-refractivity contribution in [2.75, 3.05) is 11.9 Å². The van der Waals surface area contributed by atoms with E-state index in [4.69, 9.17) is 0 Å². The molecule has 2 heterocycles. The largest absolute Gasteiger partial charge is 0.369 e. The molecule has 0 fully saturated rings. The highest BCUT2D eigenvalue weighted by atomic mass is 79.9. The number of hydrogen-bond acceptors (Lipinski definition) is 3. The maximum atomic E-state index is 4.41. The molecule has 0 saturated carbocycles. The molecule has 2 aromatic heterocycles. The Hall–Kier alpha value is -1.42. The van der Waals surface area contributed by atoms with Gasteiger partial charge in [0, 0.05) is 34.5 Å². The zero-order valence-electron chi connectivity index (χ0n) is 10.5. The van der Waals surface area contributed by atoms with Crippen LogP contribution in [0.5, 0.6) is 0 Å². The van der Waals surface area contributed by atoms with Crippen LogP contribution in [0.25, 0.3) is 0 Å². The number of aromatic nitrogens is 2. The predicted octanol–water partition coefficient (Wildman–Crippen LogP) is 3.63. The number of hydrogen-bond donors (Lipinski definition) is 1. The molecule has 0 amide bonds. The van der Waals surface area contributed by atoms with Gasteiger partial charge in [-0.15, -0.1) is 0 Å². The standard InChI is InChI=1S/C14H16BrN3/c1-14(2,12-5-3-4-8-16-12)10-18-13-7-6-11(15)9-17-13/h3-9H,10H2,1-2H3,(H,17,18). The minimum Gasteiger partial charge on any atom is -0.369 e. The van der Waals surface area contributed by atoms with Crippen LogP contribution < -0.4 is 5.32 Å². The molecule has 0 atom stereocenters. The van der Waals surface area contributed by atoms with Crippen LogP contribution in [0.1, 0.15) is 19.5 Å². The first-order valence-electron chi connectivity index (χ1n) is 5.85. The second-order valence-electron chi connectivity index (χ2n) is 4.81. The molecule has 2 rings (SSSR count). The Balaban J connectivity index is 2.03. The monoisotopic (exact) mass is 305 g/mol. The van der Waals surface area contributed by atoms with Crippen molar-refractivity contribution in [2.24, 2.45) is 0 Å². The van der Waals surface area contributed by atoms with E-state index in [9.17, 15) is 0 Å². The molecule has 0 aliphatic heterocycles. The summed E-state index contributed by atoms with van der Waals surface area (Å²) in [4.78, 5) is 8.71. The van der Waals surface area contributed by atoms with Gasteiger partial charge >= 0.3 is 0 Å². The second kappa shape index (κ2) is 5.48. The molecule has 0 aliphatic rings. The number of pyridine rings is 2. The number of halogens is 1. The lowest BCUT2D eigenvalue weighted by Gasteiger charge is -2.24. The first-order valence-corrected chi connectivity index (χ1v) is 6.64. The van der Waals surface area contributed by atoms with Gasteiger partial charge in [0.15, 0.2) is 0 Å². The molecule has 0 spiro atoms. The molecule has 0 aromatic carbocycles. The third kappa shape index (κ3) is 3.29. The van der Waals surface area contributed by atoms with Gasteiger partial charge in [-0.2, -0.15) is 0 Å². The minimum atomic E-state index is -0.0317. The maximum Gasteiger partial charge on any atom is 0.125 e. The van der Waals surface area contributed by atoms with Gasteiger partial charge < -0.3 is 5.32 Å². The third-order valence-electron chi connectivity index (χ3n) is 2.80. The molecular weight excluding hydrogens is 290 g/mol. The highest BCUT2D eigenvalue weighted by Gasteiger charge is 2.21. The summed E-state index contributed by atoms with van der Waals surface area (Å²) in [5.41, 5.74) is 1.05. The molecule has 18 heavy (non-hydrogen) atoms. The van der Waals surface area contributed by atoms with Crippen molar-refractivity contribution >= 4 is 21.7 Å². The summed E-state index contributed by atoms with van der Waals surface area (Å²) in [6.45, 7) is 5.13. The SMILES string of the molecule is CC(C)(CNc1ccc(Br)cn1)c1ccccn1. The lowest BCUT2D eigenvalue weighted by molar-refractivity contribution is 0.537. The molecule has 0 radical (unpaired) electrons. The highest BCUT2D eigenvalue weighted by molar-refractivity contribution is 9.10. The summed E-state index contributed by atoms with van der Waals surface area (Å²) in [5.74, 6) is 0.877. The van der Waals surface area contributed by atoms with Gasteiger partial charge in [0.05, 0.1) is 0 Å². The van der Waals surface area contributed by atoms with E-state index in [1.165, 1.54) is 0 Å². The zero-order valence-corrected chi connectivity index (χ0v) is 12.1. The van der Waals surface area contributed by atoms with E-state index < -0.39 is 0 Å². The van der Waals surface area contributed by atoms with Crippen molar-refractivity contribution in [3.05, 3.63) is 52.9 Å². The summed E-state index contributed by atoms with van der Waals surface area (Å²) < 4.78 is 0.983. The molecule has 4 heteroatoms. The summed E-state index contributed by atoms with van der Waals surface area (Å²) in [7, 11) is 0. The van der Waals surface area contributed by atoms with Crippen LogP contribution in [0.2, 0.25) is 0 Å². The molecular formula is C14H16BrN3. The first-order chi connectivity index (χ1) is 8.58. The summed E-state index contributed by atoms with van der Waals surface area (Å²) in [6, 6.07) is 9.93. The Morgan fingerprint density at radius 3 is 2.61 bits per heavy atom. The van der Waals surface area contributed by atoms with Gasteiger partial charge in [-0.25, -0.2) is 4.98 Å². The van der Waals surface area contributed by atoms with Crippen LogP contribution in [0.15, 0.2) is 47.2 Å². The van der Waals surface area contributed by atoms with E-state index in [0.717, 1.165) is 22.5 Å². The Kier molecular flexibility index (Phi) is 3.97. The fourth-order valence-corrected chi connectivity index (χ4v) is 1.88. The lowest BCUT2D eigenvalue weighted by atomic mass is 9.89. The molecule has 0 aliphatic carbocycles. The van der Waals surface area contributed by atoms with Crippen LogP contribution in [0.4, 0.5) is 5.82 Å². The average Bonchev–Trinajstić information content (AvgIpc) is 2.39. The Morgan fingerprint density at radius 2 is 2.00 bits per heavy atom. The first kappa shape index (κ1) is 13.0. The van der Waals surface area contributed by atoms with Crippen LogP contribution in [0, 0.1) is 0 Å². The Labute approximate surface area is 116 Å². The lowest BCUT2D eigenvalue weighted by Crippen LogP contribution is -2.28. The molecule has 0 bridgehead atoms. The average molecular weight is 306 g/mol. The Morgan fingerprint density at radius 1 is 1.17 bits per heavy atom. The van der Waals surface area contributed by atoms with Gasteiger partial charge in [-0.1, -0.05) is 19.9 Å². The van der Waals surface area contributed by atoms with Crippen molar-refractivity contribution in [2.45, 2.75) is 19.3 Å². The number of nitrogens with zero attached hydrogens (tertiary/aromatic N) is 2. The molecule has 1 N–H and O–H groups in total. The summed E-state index contributed by atoms with van der Waals surface area (Å²) in [6.07, 6.45) is 3.62. The third-order valence-corrected chi connectivity index (χ3v) is 3.27. The molecule has 94 valence electrons. The van der Waals surface area contributed by atoms with Gasteiger partial charge in [0.1, 0.15) is 5.82 Å². The van der Waals surface area contributed by atoms with E-state index in [2.05, 4.69) is 51.1 Å². The predicted molar refractivity (Wildman–Crippen MR) is 77.7 cm³/mol. The Bertz CT molecular complexity index is 494. The van der Waals surface area contributed by atoms with Crippen LogP contribution in [0.3, 0.4) is 0 Å². The molecule has 3 nitrogen and oxygen atoms in total. The number of nitrogens with one attached hydrogen (secondary N) is 1. The van der Waals surface area contributed by atoms with Crippen LogP contribution in [-0.2, 0) is 5.41 Å².